The molecule has 1 atom stereocenters. The van der Waals surface area contributed by atoms with Crippen LogP contribution in [-0.4, -0.2) is 11.5 Å². The Morgan fingerprint density at radius 2 is 2.16 bits per heavy atom. The first-order chi connectivity index (χ1) is 9.15. The fourth-order valence-electron chi connectivity index (χ4n) is 2.45. The van der Waals surface area contributed by atoms with Crippen LogP contribution in [-0.2, 0) is 6.42 Å². The number of pyridine rings is 1. The highest BCUT2D eigenvalue weighted by Gasteiger charge is 2.21. The lowest BCUT2D eigenvalue weighted by atomic mass is 10.1. The maximum atomic E-state index is 13.4. The van der Waals surface area contributed by atoms with Crippen LogP contribution >= 0.6 is 0 Å². The molecule has 0 bridgehead atoms. The molecule has 1 aromatic carbocycles. The Morgan fingerprint density at radius 3 is 2.84 bits per heavy atom. The Morgan fingerprint density at radius 1 is 1.32 bits per heavy atom. The quantitative estimate of drug-likeness (QED) is 0.899. The monoisotopic (exact) mass is 257 g/mol. The van der Waals surface area contributed by atoms with Crippen LogP contribution in [0.1, 0.15) is 24.2 Å². The van der Waals surface area contributed by atoms with Gasteiger partial charge < -0.3 is 10.6 Å². The zero-order valence-corrected chi connectivity index (χ0v) is 10.8. The standard InChI is InChI=1S/C15H16FN3/c1-10(17)14-5-4-13(9-18-14)19-7-6-11-2-3-12(16)8-15(11)19/h2-5,8-10H,6-7,17H2,1H3. The van der Waals surface area contributed by atoms with Crippen molar-refractivity contribution in [1.29, 1.82) is 0 Å². The summed E-state index contributed by atoms with van der Waals surface area (Å²) in [5.41, 5.74) is 9.75. The van der Waals surface area contributed by atoms with Gasteiger partial charge in [-0.05, 0) is 43.2 Å². The van der Waals surface area contributed by atoms with Crippen molar-refractivity contribution in [3.05, 3.63) is 53.6 Å². The molecule has 3 rings (SSSR count). The molecule has 0 aliphatic carbocycles. The smallest absolute Gasteiger partial charge is 0.125 e. The first kappa shape index (κ1) is 12.1. The molecule has 3 nitrogen and oxygen atoms in total. The van der Waals surface area contributed by atoms with E-state index in [1.807, 2.05) is 25.1 Å². The van der Waals surface area contributed by atoms with Crippen molar-refractivity contribution < 1.29 is 4.39 Å². The number of nitrogens with two attached hydrogens (primary N) is 1. The Kier molecular flexibility index (Phi) is 2.95. The number of hydrogen-bond donors (Lipinski definition) is 1. The van der Waals surface area contributed by atoms with Crippen LogP contribution in [0.15, 0.2) is 36.5 Å². The Balaban J connectivity index is 1.95. The van der Waals surface area contributed by atoms with E-state index in [1.165, 1.54) is 11.6 Å². The molecule has 98 valence electrons. The van der Waals surface area contributed by atoms with E-state index in [2.05, 4.69) is 9.88 Å². The zero-order chi connectivity index (χ0) is 13.4. The third-order valence-electron chi connectivity index (χ3n) is 3.49. The zero-order valence-electron chi connectivity index (χ0n) is 10.8. The summed E-state index contributed by atoms with van der Waals surface area (Å²) in [5, 5.41) is 0. The van der Waals surface area contributed by atoms with Gasteiger partial charge in [0.15, 0.2) is 0 Å². The topological polar surface area (TPSA) is 42.1 Å². The Labute approximate surface area is 111 Å². The summed E-state index contributed by atoms with van der Waals surface area (Å²) in [6.07, 6.45) is 2.74. The first-order valence-corrected chi connectivity index (χ1v) is 6.42. The van der Waals surface area contributed by atoms with E-state index in [0.717, 1.165) is 30.0 Å². The summed E-state index contributed by atoms with van der Waals surface area (Å²) in [4.78, 5) is 6.45. The minimum atomic E-state index is -0.203. The van der Waals surface area contributed by atoms with Gasteiger partial charge in [0.1, 0.15) is 5.82 Å². The predicted molar refractivity (Wildman–Crippen MR) is 73.9 cm³/mol. The lowest BCUT2D eigenvalue weighted by molar-refractivity contribution is 0.628. The normalized spacial score (nSPS) is 15.4. The number of benzene rings is 1. The van der Waals surface area contributed by atoms with Crippen LogP contribution < -0.4 is 10.6 Å². The van der Waals surface area contributed by atoms with E-state index in [9.17, 15) is 4.39 Å². The summed E-state index contributed by atoms with van der Waals surface area (Å²) in [5.74, 6) is -0.203. The summed E-state index contributed by atoms with van der Waals surface area (Å²) < 4.78 is 13.4. The molecule has 0 amide bonds. The van der Waals surface area contributed by atoms with Crippen LogP contribution in [0.2, 0.25) is 0 Å². The van der Waals surface area contributed by atoms with Crippen molar-refractivity contribution in [3.63, 3.8) is 0 Å². The minimum absolute atomic E-state index is 0.0719. The number of hydrogen-bond acceptors (Lipinski definition) is 3. The molecule has 0 radical (unpaired) electrons. The number of nitrogens with zero attached hydrogens (tertiary/aromatic N) is 2. The summed E-state index contributed by atoms with van der Waals surface area (Å²) in [7, 11) is 0. The van der Waals surface area contributed by atoms with Crippen LogP contribution in [0.5, 0.6) is 0 Å². The van der Waals surface area contributed by atoms with E-state index in [4.69, 9.17) is 5.73 Å². The number of anilines is 2. The third-order valence-corrected chi connectivity index (χ3v) is 3.49. The van der Waals surface area contributed by atoms with Crippen molar-refractivity contribution in [3.8, 4) is 0 Å². The average molecular weight is 257 g/mol. The molecule has 0 saturated heterocycles. The molecule has 2 aromatic rings. The van der Waals surface area contributed by atoms with Crippen LogP contribution in [0, 0.1) is 5.82 Å². The first-order valence-electron chi connectivity index (χ1n) is 6.42. The Bertz CT molecular complexity index is 593. The average Bonchev–Trinajstić information content (AvgIpc) is 2.81. The molecule has 1 aliphatic heterocycles. The second-order valence-electron chi connectivity index (χ2n) is 4.90. The minimum Gasteiger partial charge on any atom is -0.340 e. The molecule has 1 aliphatic rings. The summed E-state index contributed by atoms with van der Waals surface area (Å²) >= 11 is 0. The van der Waals surface area contributed by atoms with Gasteiger partial charge in [-0.3, -0.25) is 4.98 Å². The second kappa shape index (κ2) is 4.63. The van der Waals surface area contributed by atoms with Crippen molar-refractivity contribution in [1.82, 2.24) is 4.98 Å². The molecule has 1 unspecified atom stereocenters. The van der Waals surface area contributed by atoms with Gasteiger partial charge in [-0.2, -0.15) is 0 Å². The van der Waals surface area contributed by atoms with Gasteiger partial charge in [0.2, 0.25) is 0 Å². The van der Waals surface area contributed by atoms with Gasteiger partial charge in [-0.15, -0.1) is 0 Å². The van der Waals surface area contributed by atoms with E-state index >= 15 is 0 Å². The molecule has 4 heteroatoms. The van der Waals surface area contributed by atoms with Crippen LogP contribution in [0.25, 0.3) is 0 Å². The van der Waals surface area contributed by atoms with Crippen molar-refractivity contribution >= 4 is 11.4 Å². The SMILES string of the molecule is CC(N)c1ccc(N2CCc3ccc(F)cc32)cn1. The fraction of sp³-hybridized carbons (Fsp3) is 0.267. The summed E-state index contributed by atoms with van der Waals surface area (Å²) in [6, 6.07) is 8.80. The van der Waals surface area contributed by atoms with E-state index in [-0.39, 0.29) is 11.9 Å². The van der Waals surface area contributed by atoms with E-state index in [1.54, 1.807) is 12.3 Å². The number of aromatic nitrogens is 1. The summed E-state index contributed by atoms with van der Waals surface area (Å²) in [6.45, 7) is 2.76. The predicted octanol–water partition coefficient (Wildman–Crippen LogP) is 2.93. The molecule has 2 heterocycles. The van der Waals surface area contributed by atoms with Gasteiger partial charge in [-0.25, -0.2) is 4.39 Å². The lowest BCUT2D eigenvalue weighted by Gasteiger charge is -2.19. The van der Waals surface area contributed by atoms with Crippen LogP contribution in [0.4, 0.5) is 15.8 Å². The van der Waals surface area contributed by atoms with Gasteiger partial charge in [0, 0.05) is 18.3 Å². The molecule has 2 N–H and O–H groups in total. The molecule has 0 fully saturated rings. The highest BCUT2D eigenvalue weighted by atomic mass is 19.1. The number of rotatable bonds is 2. The third kappa shape index (κ3) is 2.19. The van der Waals surface area contributed by atoms with E-state index < -0.39 is 0 Å². The molecule has 0 spiro atoms. The van der Waals surface area contributed by atoms with E-state index in [0.29, 0.717) is 0 Å². The van der Waals surface area contributed by atoms with Gasteiger partial charge in [-0.1, -0.05) is 6.07 Å². The van der Waals surface area contributed by atoms with Gasteiger partial charge >= 0.3 is 0 Å². The highest BCUT2D eigenvalue weighted by Crippen LogP contribution is 2.34. The Hall–Kier alpha value is -1.94. The molecule has 1 aromatic heterocycles. The molecule has 19 heavy (non-hydrogen) atoms. The largest absolute Gasteiger partial charge is 0.340 e. The van der Waals surface area contributed by atoms with Crippen molar-refractivity contribution in [2.24, 2.45) is 5.73 Å². The molecular formula is C15H16FN3. The second-order valence-corrected chi connectivity index (χ2v) is 4.90. The molecule has 0 saturated carbocycles. The van der Waals surface area contributed by atoms with Gasteiger partial charge in [0.05, 0.1) is 17.6 Å². The maximum Gasteiger partial charge on any atom is 0.125 e. The van der Waals surface area contributed by atoms with Crippen molar-refractivity contribution in [2.75, 3.05) is 11.4 Å². The maximum absolute atomic E-state index is 13.4. The van der Waals surface area contributed by atoms with Crippen molar-refractivity contribution in [2.45, 2.75) is 19.4 Å². The molecular weight excluding hydrogens is 241 g/mol. The number of halogens is 1. The lowest BCUT2D eigenvalue weighted by Crippen LogP contribution is -2.14. The fourth-order valence-corrected chi connectivity index (χ4v) is 2.45. The van der Waals surface area contributed by atoms with Gasteiger partial charge in [0.25, 0.3) is 0 Å². The van der Waals surface area contributed by atoms with Crippen LogP contribution in [0.3, 0.4) is 0 Å². The highest BCUT2D eigenvalue weighted by molar-refractivity contribution is 5.69. The number of fused-ring (bicyclic) bond motifs is 1.